The van der Waals surface area contributed by atoms with Gasteiger partial charge in [0.05, 0.1) is 9.83 Å². The molecule has 0 aliphatic rings. The fourth-order valence-electron chi connectivity index (χ4n) is 1.45. The second-order valence-corrected chi connectivity index (χ2v) is 6.87. The molecule has 1 heterocycles. The van der Waals surface area contributed by atoms with Crippen molar-refractivity contribution in [1.29, 1.82) is 0 Å². The molecule has 1 unspecified atom stereocenters. The van der Waals surface area contributed by atoms with E-state index in [9.17, 15) is 0 Å². The van der Waals surface area contributed by atoms with Crippen molar-refractivity contribution in [3.05, 3.63) is 50.4 Å². The molecule has 1 atom stereocenters. The van der Waals surface area contributed by atoms with Crippen LogP contribution in [0.15, 0.2) is 34.9 Å². The van der Waals surface area contributed by atoms with Gasteiger partial charge in [-0.15, -0.1) is 11.3 Å². The fraction of sp³-hybridized carbons (Fsp3) is 0.250. The van der Waals surface area contributed by atoms with Gasteiger partial charge in [-0.2, -0.15) is 0 Å². The Labute approximate surface area is 116 Å². The standard InChI is InChI=1S/C12H11Br2NS/c1-8-15-7-12(16-8)11(14)6-9-2-4-10(13)5-3-9/h2-5,7,11H,6H2,1H3. The summed E-state index contributed by atoms with van der Waals surface area (Å²) in [6.45, 7) is 2.04. The summed E-state index contributed by atoms with van der Waals surface area (Å²) in [6.07, 6.45) is 2.95. The van der Waals surface area contributed by atoms with Crippen LogP contribution in [0.4, 0.5) is 0 Å². The van der Waals surface area contributed by atoms with E-state index in [0.717, 1.165) is 15.9 Å². The SMILES string of the molecule is Cc1ncc(C(Br)Cc2ccc(Br)cc2)s1. The number of alkyl halides is 1. The minimum atomic E-state index is 0.361. The topological polar surface area (TPSA) is 12.9 Å². The molecule has 0 spiro atoms. The molecule has 1 aromatic heterocycles. The number of halogens is 2. The van der Waals surface area contributed by atoms with E-state index < -0.39 is 0 Å². The van der Waals surface area contributed by atoms with Gasteiger partial charge in [0, 0.05) is 15.5 Å². The van der Waals surface area contributed by atoms with Crippen molar-refractivity contribution in [1.82, 2.24) is 4.98 Å². The van der Waals surface area contributed by atoms with Crippen LogP contribution in [0.1, 0.15) is 20.3 Å². The highest BCUT2D eigenvalue weighted by molar-refractivity contribution is 9.10. The zero-order valence-corrected chi connectivity index (χ0v) is 12.8. The summed E-state index contributed by atoms with van der Waals surface area (Å²) in [7, 11) is 0. The summed E-state index contributed by atoms with van der Waals surface area (Å²) in [5, 5.41) is 1.12. The van der Waals surface area contributed by atoms with Crippen LogP contribution >= 0.6 is 43.2 Å². The maximum absolute atomic E-state index is 4.27. The Kier molecular flexibility index (Phi) is 4.16. The molecule has 2 rings (SSSR count). The molecule has 2 aromatic rings. The molecule has 0 fully saturated rings. The highest BCUT2D eigenvalue weighted by atomic mass is 79.9. The normalized spacial score (nSPS) is 12.7. The van der Waals surface area contributed by atoms with Gasteiger partial charge < -0.3 is 0 Å². The molecule has 0 aliphatic carbocycles. The Morgan fingerprint density at radius 3 is 2.56 bits per heavy atom. The maximum Gasteiger partial charge on any atom is 0.0897 e. The molecule has 0 N–H and O–H groups in total. The van der Waals surface area contributed by atoms with E-state index in [1.54, 1.807) is 11.3 Å². The number of hydrogen-bond acceptors (Lipinski definition) is 2. The number of benzene rings is 1. The van der Waals surface area contributed by atoms with Crippen LogP contribution in [0.25, 0.3) is 0 Å². The van der Waals surface area contributed by atoms with Crippen LogP contribution in [0.3, 0.4) is 0 Å². The minimum Gasteiger partial charge on any atom is -0.250 e. The van der Waals surface area contributed by atoms with Gasteiger partial charge in [0.1, 0.15) is 0 Å². The van der Waals surface area contributed by atoms with Crippen molar-refractivity contribution in [3.63, 3.8) is 0 Å². The predicted octanol–water partition coefficient (Wildman–Crippen LogP) is 4.89. The third-order valence-corrected chi connectivity index (χ3v) is 4.95. The van der Waals surface area contributed by atoms with Crippen LogP contribution in [0.2, 0.25) is 0 Å². The van der Waals surface area contributed by atoms with E-state index in [0.29, 0.717) is 4.83 Å². The van der Waals surface area contributed by atoms with Gasteiger partial charge in [0.2, 0.25) is 0 Å². The smallest absolute Gasteiger partial charge is 0.0897 e. The van der Waals surface area contributed by atoms with Crippen LogP contribution < -0.4 is 0 Å². The van der Waals surface area contributed by atoms with Crippen LogP contribution in [0, 0.1) is 6.92 Å². The van der Waals surface area contributed by atoms with Crippen molar-refractivity contribution >= 4 is 43.2 Å². The van der Waals surface area contributed by atoms with E-state index in [-0.39, 0.29) is 0 Å². The van der Waals surface area contributed by atoms with Gasteiger partial charge in [-0.05, 0) is 31.0 Å². The van der Waals surface area contributed by atoms with E-state index in [1.807, 2.05) is 13.1 Å². The molecule has 84 valence electrons. The highest BCUT2D eigenvalue weighted by Crippen LogP contribution is 2.31. The van der Waals surface area contributed by atoms with Crippen molar-refractivity contribution in [2.75, 3.05) is 0 Å². The lowest BCUT2D eigenvalue weighted by molar-refractivity contribution is 0.964. The predicted molar refractivity (Wildman–Crippen MR) is 76.4 cm³/mol. The molecule has 0 radical (unpaired) electrons. The van der Waals surface area contributed by atoms with Crippen LogP contribution in [-0.2, 0) is 6.42 Å². The molecular weight excluding hydrogens is 350 g/mol. The lowest BCUT2D eigenvalue weighted by Gasteiger charge is -2.07. The van der Waals surface area contributed by atoms with Gasteiger partial charge >= 0.3 is 0 Å². The summed E-state index contributed by atoms with van der Waals surface area (Å²) < 4.78 is 1.12. The first-order valence-electron chi connectivity index (χ1n) is 4.96. The summed E-state index contributed by atoms with van der Waals surface area (Å²) >= 11 is 8.90. The highest BCUT2D eigenvalue weighted by Gasteiger charge is 2.11. The van der Waals surface area contributed by atoms with E-state index in [4.69, 9.17) is 0 Å². The van der Waals surface area contributed by atoms with Crippen molar-refractivity contribution in [2.24, 2.45) is 0 Å². The molecule has 0 saturated carbocycles. The monoisotopic (exact) mass is 359 g/mol. The largest absolute Gasteiger partial charge is 0.250 e. The number of aromatic nitrogens is 1. The third kappa shape index (κ3) is 3.15. The molecule has 1 aromatic carbocycles. The Bertz CT molecular complexity index is 464. The first-order valence-corrected chi connectivity index (χ1v) is 7.48. The average molecular weight is 361 g/mol. The van der Waals surface area contributed by atoms with Crippen molar-refractivity contribution < 1.29 is 0 Å². The Morgan fingerprint density at radius 2 is 2.00 bits per heavy atom. The number of hydrogen-bond donors (Lipinski definition) is 0. The third-order valence-electron chi connectivity index (χ3n) is 2.28. The molecule has 0 saturated heterocycles. The summed E-state index contributed by atoms with van der Waals surface area (Å²) in [5.41, 5.74) is 1.33. The Hall–Kier alpha value is -0.190. The van der Waals surface area contributed by atoms with Gasteiger partial charge in [-0.1, -0.05) is 44.0 Å². The second kappa shape index (κ2) is 5.43. The first-order chi connectivity index (χ1) is 7.65. The van der Waals surface area contributed by atoms with Gasteiger partial charge in [0.15, 0.2) is 0 Å². The molecular formula is C12H11Br2NS. The quantitative estimate of drug-likeness (QED) is 0.710. The van der Waals surface area contributed by atoms with Crippen molar-refractivity contribution in [2.45, 2.75) is 18.2 Å². The van der Waals surface area contributed by atoms with E-state index >= 15 is 0 Å². The minimum absolute atomic E-state index is 0.361. The van der Waals surface area contributed by atoms with Gasteiger partial charge in [-0.3, -0.25) is 0 Å². The average Bonchev–Trinajstić information content (AvgIpc) is 2.68. The number of nitrogens with zero attached hydrogens (tertiary/aromatic N) is 1. The molecule has 0 aliphatic heterocycles. The van der Waals surface area contributed by atoms with Crippen LogP contribution in [0.5, 0.6) is 0 Å². The zero-order chi connectivity index (χ0) is 11.5. The van der Waals surface area contributed by atoms with E-state index in [1.165, 1.54) is 10.4 Å². The first kappa shape index (κ1) is 12.3. The van der Waals surface area contributed by atoms with E-state index in [2.05, 4.69) is 61.1 Å². The summed E-state index contributed by atoms with van der Waals surface area (Å²) in [5.74, 6) is 0. The fourth-order valence-corrected chi connectivity index (χ4v) is 3.25. The number of rotatable bonds is 3. The summed E-state index contributed by atoms with van der Waals surface area (Å²) in [6, 6.07) is 8.44. The molecule has 16 heavy (non-hydrogen) atoms. The van der Waals surface area contributed by atoms with Gasteiger partial charge in [0.25, 0.3) is 0 Å². The van der Waals surface area contributed by atoms with Gasteiger partial charge in [-0.25, -0.2) is 4.98 Å². The second-order valence-electron chi connectivity index (χ2n) is 3.58. The lowest BCUT2D eigenvalue weighted by Crippen LogP contribution is -1.92. The molecule has 0 amide bonds. The molecule has 4 heteroatoms. The maximum atomic E-state index is 4.27. The Morgan fingerprint density at radius 1 is 1.31 bits per heavy atom. The lowest BCUT2D eigenvalue weighted by atomic mass is 10.1. The summed E-state index contributed by atoms with van der Waals surface area (Å²) in [4.78, 5) is 5.93. The molecule has 0 bridgehead atoms. The Balaban J connectivity index is 2.07. The zero-order valence-electron chi connectivity index (χ0n) is 8.78. The number of aryl methyl sites for hydroxylation is 1. The number of thiazole rings is 1. The van der Waals surface area contributed by atoms with Crippen molar-refractivity contribution in [3.8, 4) is 0 Å². The molecule has 1 nitrogen and oxygen atoms in total. The van der Waals surface area contributed by atoms with Crippen LogP contribution in [-0.4, -0.2) is 4.98 Å².